The molecule has 0 fully saturated rings. The van der Waals surface area contributed by atoms with E-state index in [-0.39, 0.29) is 0 Å². The maximum Gasteiger partial charge on any atom is 0.469 e. The molecule has 1 atom stereocenters. The van der Waals surface area contributed by atoms with Crippen LogP contribution in [0, 0.1) is 5.92 Å². The highest BCUT2D eigenvalue weighted by Crippen LogP contribution is 2.32. The van der Waals surface area contributed by atoms with Crippen LogP contribution in [0.2, 0.25) is 65.0 Å². The van der Waals surface area contributed by atoms with E-state index in [0.717, 1.165) is 6.04 Å². The van der Waals surface area contributed by atoms with Gasteiger partial charge in [0.15, 0.2) is 25.0 Å². The monoisotopic (exact) mass is 380 g/mol. The molecule has 0 N–H and O–H groups in total. The molecule has 0 amide bonds. The average Bonchev–Trinajstić information content (AvgIpc) is 2.06. The Kier molecular flexibility index (Phi) is 8.50. The highest BCUT2D eigenvalue weighted by Gasteiger charge is 2.50. The SMILES string of the molecule is CCCC(C)C[Si](O[Si](C)(C)C)(O[Si](C)(C)C)O[Si](C)(C)C. The molecule has 7 heteroatoms. The van der Waals surface area contributed by atoms with E-state index in [1.165, 1.54) is 12.8 Å². The van der Waals surface area contributed by atoms with Crippen molar-refractivity contribution in [3.63, 3.8) is 0 Å². The molecule has 0 rings (SSSR count). The van der Waals surface area contributed by atoms with Crippen LogP contribution in [0.4, 0.5) is 0 Å². The van der Waals surface area contributed by atoms with Gasteiger partial charge in [0.1, 0.15) is 0 Å². The molecule has 0 aromatic carbocycles. The lowest BCUT2D eigenvalue weighted by molar-refractivity contribution is 0.241. The summed E-state index contributed by atoms with van der Waals surface area (Å²) < 4.78 is 20.1. The summed E-state index contributed by atoms with van der Waals surface area (Å²) >= 11 is 0. The molecule has 0 aliphatic rings. The molecule has 0 aliphatic carbocycles. The lowest BCUT2D eigenvalue weighted by Crippen LogP contribution is -2.61. The lowest BCUT2D eigenvalue weighted by Gasteiger charge is -2.43. The van der Waals surface area contributed by atoms with Crippen molar-refractivity contribution >= 4 is 33.8 Å². The van der Waals surface area contributed by atoms with Crippen LogP contribution in [0.3, 0.4) is 0 Å². The quantitative estimate of drug-likeness (QED) is 0.440. The van der Waals surface area contributed by atoms with E-state index in [9.17, 15) is 0 Å². The van der Waals surface area contributed by atoms with Gasteiger partial charge in [-0.3, -0.25) is 0 Å². The molecule has 0 radical (unpaired) electrons. The van der Waals surface area contributed by atoms with E-state index in [4.69, 9.17) is 12.3 Å². The molecular formula is C15H40O3Si4. The fourth-order valence-corrected chi connectivity index (χ4v) is 17.5. The van der Waals surface area contributed by atoms with Crippen molar-refractivity contribution in [3.05, 3.63) is 0 Å². The topological polar surface area (TPSA) is 27.7 Å². The first-order chi connectivity index (χ1) is 9.58. The zero-order chi connectivity index (χ0) is 17.8. The van der Waals surface area contributed by atoms with Gasteiger partial charge in [0.25, 0.3) is 0 Å². The molecule has 0 bridgehead atoms. The van der Waals surface area contributed by atoms with Crippen molar-refractivity contribution in [1.82, 2.24) is 0 Å². The van der Waals surface area contributed by atoms with Gasteiger partial charge in [-0.15, -0.1) is 0 Å². The molecule has 3 nitrogen and oxygen atoms in total. The summed E-state index contributed by atoms with van der Waals surface area (Å²) in [4.78, 5) is 0. The largest absolute Gasteiger partial charge is 0.469 e. The van der Waals surface area contributed by atoms with Crippen LogP contribution < -0.4 is 0 Å². The second-order valence-electron chi connectivity index (χ2n) is 9.42. The van der Waals surface area contributed by atoms with Gasteiger partial charge in [-0.25, -0.2) is 0 Å². The summed E-state index contributed by atoms with van der Waals surface area (Å²) in [7, 11) is -7.79. The van der Waals surface area contributed by atoms with Crippen molar-refractivity contribution in [3.8, 4) is 0 Å². The van der Waals surface area contributed by atoms with E-state index >= 15 is 0 Å². The van der Waals surface area contributed by atoms with Crippen molar-refractivity contribution < 1.29 is 12.3 Å². The van der Waals surface area contributed by atoms with Crippen LogP contribution in [0.1, 0.15) is 26.7 Å². The van der Waals surface area contributed by atoms with Gasteiger partial charge in [0.2, 0.25) is 0 Å². The zero-order valence-corrected chi connectivity index (χ0v) is 20.9. The molecule has 1 unspecified atom stereocenters. The smallest absolute Gasteiger partial charge is 0.417 e. The third kappa shape index (κ3) is 11.3. The molecule has 0 saturated carbocycles. The van der Waals surface area contributed by atoms with Gasteiger partial charge < -0.3 is 12.3 Å². The van der Waals surface area contributed by atoms with Crippen LogP contribution >= 0.6 is 0 Å². The van der Waals surface area contributed by atoms with Gasteiger partial charge in [-0.2, -0.15) is 0 Å². The summed E-state index contributed by atoms with van der Waals surface area (Å²) in [5.41, 5.74) is 0. The third-order valence-electron chi connectivity index (χ3n) is 2.77. The molecule has 0 aromatic rings. The molecule has 0 heterocycles. The Morgan fingerprint density at radius 1 is 0.682 bits per heavy atom. The Morgan fingerprint density at radius 2 is 1.00 bits per heavy atom. The predicted octanol–water partition coefficient (Wildman–Crippen LogP) is 5.92. The van der Waals surface area contributed by atoms with E-state index in [2.05, 4.69) is 72.8 Å². The van der Waals surface area contributed by atoms with E-state index in [1.54, 1.807) is 0 Å². The Bertz CT molecular complexity index is 288. The Hall–Kier alpha value is 0.748. The average molecular weight is 381 g/mol. The summed E-state index contributed by atoms with van der Waals surface area (Å²) in [5, 5.41) is 0. The Balaban J connectivity index is 5.58. The van der Waals surface area contributed by atoms with Crippen LogP contribution in [-0.2, 0) is 12.3 Å². The van der Waals surface area contributed by atoms with Crippen LogP contribution in [-0.4, -0.2) is 33.8 Å². The summed E-state index contributed by atoms with van der Waals surface area (Å²) in [6.07, 6.45) is 2.42. The van der Waals surface area contributed by atoms with Crippen molar-refractivity contribution in [2.24, 2.45) is 5.92 Å². The molecule has 0 saturated heterocycles. The minimum atomic E-state index is -2.62. The summed E-state index contributed by atoms with van der Waals surface area (Å²) in [6, 6.07) is 0.972. The van der Waals surface area contributed by atoms with Crippen LogP contribution in [0.5, 0.6) is 0 Å². The highest BCUT2D eigenvalue weighted by molar-refractivity contribution is 6.90. The minimum absolute atomic E-state index is 0.598. The number of hydrogen-bond donors (Lipinski definition) is 0. The van der Waals surface area contributed by atoms with E-state index in [0.29, 0.717) is 5.92 Å². The van der Waals surface area contributed by atoms with E-state index < -0.39 is 33.8 Å². The first-order valence-corrected chi connectivity index (χ1v) is 20.8. The molecule has 0 spiro atoms. The van der Waals surface area contributed by atoms with E-state index in [1.807, 2.05) is 0 Å². The maximum absolute atomic E-state index is 6.70. The Labute approximate surface area is 143 Å². The van der Waals surface area contributed by atoms with Gasteiger partial charge in [-0.05, 0) is 64.8 Å². The first-order valence-electron chi connectivity index (χ1n) is 8.68. The second-order valence-corrected chi connectivity index (χ2v) is 26.3. The van der Waals surface area contributed by atoms with Gasteiger partial charge in [0, 0.05) is 6.04 Å². The van der Waals surface area contributed by atoms with Gasteiger partial charge in [-0.1, -0.05) is 26.7 Å². The van der Waals surface area contributed by atoms with Crippen molar-refractivity contribution in [2.45, 2.75) is 91.7 Å². The molecular weight excluding hydrogens is 341 g/mol. The lowest BCUT2D eigenvalue weighted by atomic mass is 10.1. The summed E-state index contributed by atoms with van der Waals surface area (Å²) in [6.45, 7) is 24.8. The fourth-order valence-electron chi connectivity index (χ4n) is 2.61. The van der Waals surface area contributed by atoms with Crippen molar-refractivity contribution in [2.75, 3.05) is 0 Å². The van der Waals surface area contributed by atoms with Gasteiger partial charge in [0.05, 0.1) is 0 Å². The summed E-state index contributed by atoms with van der Waals surface area (Å²) in [5.74, 6) is 0.598. The normalized spacial score (nSPS) is 16.0. The molecule has 0 aliphatic heterocycles. The van der Waals surface area contributed by atoms with Gasteiger partial charge >= 0.3 is 8.80 Å². The fraction of sp³-hybridized carbons (Fsp3) is 1.00. The van der Waals surface area contributed by atoms with Crippen LogP contribution in [0.25, 0.3) is 0 Å². The maximum atomic E-state index is 6.70. The zero-order valence-electron chi connectivity index (χ0n) is 16.9. The first kappa shape index (κ1) is 22.7. The van der Waals surface area contributed by atoms with Crippen LogP contribution in [0.15, 0.2) is 0 Å². The minimum Gasteiger partial charge on any atom is -0.417 e. The predicted molar refractivity (Wildman–Crippen MR) is 108 cm³/mol. The molecule has 134 valence electrons. The molecule has 0 aromatic heterocycles. The number of rotatable bonds is 10. The Morgan fingerprint density at radius 3 is 1.23 bits per heavy atom. The highest BCUT2D eigenvalue weighted by atomic mass is 28.5. The molecule has 22 heavy (non-hydrogen) atoms. The second kappa shape index (κ2) is 8.22. The standard InChI is InChI=1S/C15H40O3Si4/c1-12-13-15(2)14-22(16-19(3,4)5,17-20(6,7)8)18-21(9,10)11/h15H,12-14H2,1-11H3. The van der Waals surface area contributed by atoms with Crippen molar-refractivity contribution in [1.29, 1.82) is 0 Å². The third-order valence-corrected chi connectivity index (χ3v) is 15.0. The number of hydrogen-bond acceptors (Lipinski definition) is 3.